The van der Waals surface area contributed by atoms with E-state index < -0.39 is 0 Å². The lowest BCUT2D eigenvalue weighted by Gasteiger charge is -2.34. The number of carbonyl (C=O) groups is 1. The van der Waals surface area contributed by atoms with Crippen molar-refractivity contribution in [3.63, 3.8) is 0 Å². The van der Waals surface area contributed by atoms with Crippen molar-refractivity contribution in [2.45, 2.75) is 90.9 Å². The van der Waals surface area contributed by atoms with Crippen LogP contribution in [0.2, 0.25) is 0 Å². The first-order chi connectivity index (χ1) is 10.2. The summed E-state index contributed by atoms with van der Waals surface area (Å²) < 4.78 is 0. The lowest BCUT2D eigenvalue weighted by Crippen LogP contribution is -2.24. The number of rotatable bonds is 7. The fourth-order valence-corrected chi connectivity index (χ4v) is 4.92. The van der Waals surface area contributed by atoms with Gasteiger partial charge in [-0.1, -0.05) is 58.8 Å². The van der Waals surface area contributed by atoms with Crippen molar-refractivity contribution in [3.8, 4) is 0 Å². The topological polar surface area (TPSA) is 17.1 Å². The molecule has 2 rings (SSSR count). The largest absolute Gasteiger partial charge is 0.303 e. The second kappa shape index (κ2) is 8.96. The molecule has 2 aliphatic rings. The Morgan fingerprint density at radius 2 is 1.43 bits per heavy atom. The standard InChI is InChI=1S/C20H36O/c1-16-7-6-8-17(2)20(16)10-5-3-4-9-18-11-13-19(15-21)14-12-18/h15-20H,3-14H2,1-2H3. The van der Waals surface area contributed by atoms with Crippen LogP contribution in [0.25, 0.3) is 0 Å². The fraction of sp³-hybridized carbons (Fsp3) is 0.950. The maximum Gasteiger partial charge on any atom is 0.123 e. The highest BCUT2D eigenvalue weighted by molar-refractivity contribution is 5.53. The van der Waals surface area contributed by atoms with Crippen molar-refractivity contribution in [1.29, 1.82) is 0 Å². The van der Waals surface area contributed by atoms with Crippen molar-refractivity contribution in [3.05, 3.63) is 0 Å². The molecule has 0 N–H and O–H groups in total. The quantitative estimate of drug-likeness (QED) is 0.414. The zero-order chi connectivity index (χ0) is 15.1. The first kappa shape index (κ1) is 17.0. The number of unbranched alkanes of at least 4 members (excludes halogenated alkanes) is 2. The van der Waals surface area contributed by atoms with Crippen LogP contribution < -0.4 is 0 Å². The van der Waals surface area contributed by atoms with Crippen LogP contribution >= 0.6 is 0 Å². The van der Waals surface area contributed by atoms with E-state index in [1.807, 2.05) is 0 Å². The summed E-state index contributed by atoms with van der Waals surface area (Å²) in [6.07, 6.45) is 17.7. The molecule has 2 aliphatic carbocycles. The maximum atomic E-state index is 10.8. The Balaban J connectivity index is 1.53. The van der Waals surface area contributed by atoms with Crippen molar-refractivity contribution in [2.24, 2.45) is 29.6 Å². The summed E-state index contributed by atoms with van der Waals surface area (Å²) in [5.41, 5.74) is 0. The SMILES string of the molecule is CC1CCCC(C)C1CCCCCC1CCC(C=O)CC1. The molecule has 2 atom stereocenters. The van der Waals surface area contributed by atoms with E-state index in [4.69, 9.17) is 0 Å². The summed E-state index contributed by atoms with van der Waals surface area (Å²) in [6, 6.07) is 0. The average molecular weight is 293 g/mol. The molecule has 0 aliphatic heterocycles. The van der Waals surface area contributed by atoms with Crippen LogP contribution in [0, 0.1) is 29.6 Å². The molecule has 0 heterocycles. The van der Waals surface area contributed by atoms with Gasteiger partial charge in [-0.2, -0.15) is 0 Å². The molecule has 0 amide bonds. The Bertz CT molecular complexity index is 280. The van der Waals surface area contributed by atoms with E-state index >= 15 is 0 Å². The van der Waals surface area contributed by atoms with Gasteiger partial charge in [0.2, 0.25) is 0 Å². The van der Waals surface area contributed by atoms with E-state index in [2.05, 4.69) is 13.8 Å². The van der Waals surface area contributed by atoms with Gasteiger partial charge in [0.1, 0.15) is 6.29 Å². The second-order valence-corrected chi connectivity index (χ2v) is 8.10. The van der Waals surface area contributed by atoms with Gasteiger partial charge < -0.3 is 4.79 Å². The van der Waals surface area contributed by atoms with Gasteiger partial charge in [0.05, 0.1) is 0 Å². The highest BCUT2D eigenvalue weighted by atomic mass is 16.1. The van der Waals surface area contributed by atoms with E-state index in [1.165, 1.54) is 70.5 Å². The van der Waals surface area contributed by atoms with Gasteiger partial charge in [-0.3, -0.25) is 0 Å². The van der Waals surface area contributed by atoms with Gasteiger partial charge in [0, 0.05) is 5.92 Å². The van der Waals surface area contributed by atoms with Crippen LogP contribution in [0.15, 0.2) is 0 Å². The molecule has 0 aromatic heterocycles. The Labute approximate surface area is 132 Å². The van der Waals surface area contributed by atoms with Crippen LogP contribution in [0.5, 0.6) is 0 Å². The number of hydrogen-bond donors (Lipinski definition) is 0. The Hall–Kier alpha value is -0.330. The summed E-state index contributed by atoms with van der Waals surface area (Å²) in [7, 11) is 0. The summed E-state index contributed by atoms with van der Waals surface area (Å²) >= 11 is 0. The Kier molecular flexibility index (Phi) is 7.26. The third-order valence-electron chi connectivity index (χ3n) is 6.51. The normalized spacial score (nSPS) is 37.3. The van der Waals surface area contributed by atoms with Crippen molar-refractivity contribution in [1.82, 2.24) is 0 Å². The molecule has 0 radical (unpaired) electrons. The molecule has 0 bridgehead atoms. The van der Waals surface area contributed by atoms with Gasteiger partial charge in [0.15, 0.2) is 0 Å². The van der Waals surface area contributed by atoms with Crippen molar-refractivity contribution >= 4 is 6.29 Å². The predicted molar refractivity (Wildman–Crippen MR) is 90.3 cm³/mol. The van der Waals surface area contributed by atoms with E-state index in [-0.39, 0.29) is 0 Å². The molecule has 21 heavy (non-hydrogen) atoms. The molecule has 1 nitrogen and oxygen atoms in total. The minimum atomic E-state index is 0.385. The molecule has 2 saturated carbocycles. The third kappa shape index (κ3) is 5.42. The second-order valence-electron chi connectivity index (χ2n) is 8.10. The number of hydrogen-bond acceptors (Lipinski definition) is 1. The van der Waals surface area contributed by atoms with E-state index in [9.17, 15) is 4.79 Å². The molecular formula is C20H36O. The van der Waals surface area contributed by atoms with Crippen LogP contribution in [0.1, 0.15) is 90.9 Å². The minimum Gasteiger partial charge on any atom is -0.303 e. The summed E-state index contributed by atoms with van der Waals surface area (Å²) in [5, 5.41) is 0. The summed E-state index contributed by atoms with van der Waals surface area (Å²) in [4.78, 5) is 10.8. The average Bonchev–Trinajstić information content (AvgIpc) is 2.50. The monoisotopic (exact) mass is 292 g/mol. The molecule has 1 heteroatoms. The summed E-state index contributed by atoms with van der Waals surface area (Å²) in [6.45, 7) is 4.96. The van der Waals surface area contributed by atoms with Gasteiger partial charge in [0.25, 0.3) is 0 Å². The van der Waals surface area contributed by atoms with E-state index in [1.54, 1.807) is 0 Å². The first-order valence-electron chi connectivity index (χ1n) is 9.66. The maximum absolute atomic E-state index is 10.8. The smallest absolute Gasteiger partial charge is 0.123 e. The van der Waals surface area contributed by atoms with Crippen LogP contribution in [0.4, 0.5) is 0 Å². The molecule has 2 fully saturated rings. The van der Waals surface area contributed by atoms with E-state index in [0.29, 0.717) is 5.92 Å². The Morgan fingerprint density at radius 3 is 2.05 bits per heavy atom. The highest BCUT2D eigenvalue weighted by Gasteiger charge is 2.27. The number of aldehydes is 1. The minimum absolute atomic E-state index is 0.385. The van der Waals surface area contributed by atoms with Crippen LogP contribution in [0.3, 0.4) is 0 Å². The van der Waals surface area contributed by atoms with Crippen molar-refractivity contribution in [2.75, 3.05) is 0 Å². The Morgan fingerprint density at radius 1 is 0.810 bits per heavy atom. The van der Waals surface area contributed by atoms with Crippen LogP contribution in [-0.2, 0) is 4.79 Å². The summed E-state index contributed by atoms with van der Waals surface area (Å²) in [5.74, 6) is 4.24. The molecule has 2 unspecified atom stereocenters. The predicted octanol–water partition coefficient (Wildman–Crippen LogP) is 6.01. The molecule has 0 saturated heterocycles. The number of carbonyl (C=O) groups excluding carboxylic acids is 1. The highest BCUT2D eigenvalue weighted by Crippen LogP contribution is 2.38. The fourth-order valence-electron chi connectivity index (χ4n) is 4.92. The zero-order valence-electron chi connectivity index (χ0n) is 14.4. The zero-order valence-corrected chi connectivity index (χ0v) is 14.4. The van der Waals surface area contributed by atoms with Gasteiger partial charge >= 0.3 is 0 Å². The lowest BCUT2D eigenvalue weighted by atomic mass is 9.71. The molecule has 122 valence electrons. The third-order valence-corrected chi connectivity index (χ3v) is 6.51. The lowest BCUT2D eigenvalue weighted by molar-refractivity contribution is -0.112. The van der Waals surface area contributed by atoms with Gasteiger partial charge in [-0.25, -0.2) is 0 Å². The van der Waals surface area contributed by atoms with Crippen LogP contribution in [-0.4, -0.2) is 6.29 Å². The molecule has 0 aromatic rings. The van der Waals surface area contributed by atoms with E-state index in [0.717, 1.165) is 36.5 Å². The molecule has 0 aromatic carbocycles. The molecular weight excluding hydrogens is 256 g/mol. The molecule has 0 spiro atoms. The van der Waals surface area contributed by atoms with Gasteiger partial charge in [-0.05, 0) is 55.8 Å². The van der Waals surface area contributed by atoms with Gasteiger partial charge in [-0.15, -0.1) is 0 Å². The van der Waals surface area contributed by atoms with Crippen molar-refractivity contribution < 1.29 is 4.79 Å². The first-order valence-corrected chi connectivity index (χ1v) is 9.66.